The maximum absolute atomic E-state index is 11.5. The van der Waals surface area contributed by atoms with Gasteiger partial charge in [0.15, 0.2) is 5.82 Å². The summed E-state index contributed by atoms with van der Waals surface area (Å²) in [5.74, 6) is 1.16. The predicted octanol–water partition coefficient (Wildman–Crippen LogP) is 2.57. The summed E-state index contributed by atoms with van der Waals surface area (Å²) in [4.78, 5) is 23.0. The number of hydrogen-bond acceptors (Lipinski definition) is 6. The van der Waals surface area contributed by atoms with Gasteiger partial charge in [-0.25, -0.2) is 9.97 Å². The number of nitrogen functional groups attached to an aromatic ring is 1. The molecule has 2 heterocycles. The van der Waals surface area contributed by atoms with Crippen molar-refractivity contribution in [3.05, 3.63) is 30.1 Å². The topological polar surface area (TPSA) is 86.3 Å². The number of nitrogens with two attached hydrogens (primary N) is 1. The molecule has 0 aliphatic rings. The van der Waals surface area contributed by atoms with Crippen LogP contribution in [0, 0.1) is 0 Å². The van der Waals surface area contributed by atoms with Gasteiger partial charge in [0.2, 0.25) is 0 Å². The minimum absolute atomic E-state index is 0.201. The summed E-state index contributed by atoms with van der Waals surface area (Å²) in [6.07, 6.45) is 1.05. The van der Waals surface area contributed by atoms with Crippen LogP contribution in [0.4, 0.5) is 5.82 Å². The van der Waals surface area contributed by atoms with E-state index in [-0.39, 0.29) is 5.97 Å². The van der Waals surface area contributed by atoms with Crippen molar-refractivity contribution >= 4 is 33.7 Å². The van der Waals surface area contributed by atoms with Gasteiger partial charge in [-0.3, -0.25) is 9.69 Å². The third-order valence-corrected chi connectivity index (χ3v) is 4.63. The van der Waals surface area contributed by atoms with Gasteiger partial charge in [0.05, 0.1) is 24.7 Å². The number of carbonyl (C=O) groups excluding carboxylic acids is 1. The van der Waals surface area contributed by atoms with Crippen molar-refractivity contribution in [2.45, 2.75) is 32.9 Å². The number of methoxy groups -OCH3 is 1. The molecular formula is C19H25N5O2. The maximum Gasteiger partial charge on any atom is 0.305 e. The molecule has 1 aromatic carbocycles. The Morgan fingerprint density at radius 1 is 1.31 bits per heavy atom. The van der Waals surface area contributed by atoms with E-state index in [2.05, 4.69) is 28.4 Å². The van der Waals surface area contributed by atoms with Crippen LogP contribution in [-0.4, -0.2) is 46.1 Å². The van der Waals surface area contributed by atoms with Crippen molar-refractivity contribution in [3.8, 4) is 0 Å². The van der Waals surface area contributed by atoms with E-state index in [1.807, 2.05) is 24.3 Å². The summed E-state index contributed by atoms with van der Waals surface area (Å²) >= 11 is 0. The van der Waals surface area contributed by atoms with Crippen molar-refractivity contribution < 1.29 is 9.53 Å². The molecule has 2 aromatic heterocycles. The highest BCUT2D eigenvalue weighted by Crippen LogP contribution is 2.29. The molecule has 0 aliphatic heterocycles. The summed E-state index contributed by atoms with van der Waals surface area (Å²) in [6, 6.07) is 7.93. The SMILES string of the molecule is CCN(C)Cc1nc2c(N)nc3ccccc3c2n1CCCC(=O)OC. The molecule has 0 fully saturated rings. The van der Waals surface area contributed by atoms with Gasteiger partial charge in [0.25, 0.3) is 0 Å². The molecule has 0 radical (unpaired) electrons. The lowest BCUT2D eigenvalue weighted by Gasteiger charge is -2.15. The second-order valence-electron chi connectivity index (χ2n) is 6.40. The fraction of sp³-hybridized carbons (Fsp3) is 0.421. The van der Waals surface area contributed by atoms with E-state index < -0.39 is 0 Å². The van der Waals surface area contributed by atoms with Gasteiger partial charge in [0, 0.05) is 18.4 Å². The molecule has 7 heteroatoms. The van der Waals surface area contributed by atoms with E-state index in [0.29, 0.717) is 31.7 Å². The Morgan fingerprint density at radius 2 is 2.08 bits per heavy atom. The molecule has 0 spiro atoms. The van der Waals surface area contributed by atoms with Crippen LogP contribution in [0.1, 0.15) is 25.6 Å². The number of rotatable bonds is 7. The number of anilines is 1. The highest BCUT2D eigenvalue weighted by Gasteiger charge is 2.18. The Hall–Kier alpha value is -2.67. The maximum atomic E-state index is 11.5. The van der Waals surface area contributed by atoms with E-state index in [9.17, 15) is 4.79 Å². The van der Waals surface area contributed by atoms with Crippen molar-refractivity contribution in [3.63, 3.8) is 0 Å². The Balaban J connectivity index is 2.12. The largest absolute Gasteiger partial charge is 0.469 e. The number of benzene rings is 1. The third kappa shape index (κ3) is 3.48. The van der Waals surface area contributed by atoms with Gasteiger partial charge in [-0.1, -0.05) is 25.1 Å². The lowest BCUT2D eigenvalue weighted by molar-refractivity contribution is -0.140. The van der Waals surface area contributed by atoms with E-state index in [1.54, 1.807) is 0 Å². The number of pyridine rings is 1. The standard InChI is InChI=1S/C19H25N5O2/c1-4-23(2)12-15-22-17-18(24(15)11-7-10-16(25)26-3)13-8-5-6-9-14(13)21-19(17)20/h5-6,8-9H,4,7,10-12H2,1-3H3,(H2,20,21). The molecule has 0 saturated heterocycles. The van der Waals surface area contributed by atoms with Crippen LogP contribution in [0.2, 0.25) is 0 Å². The molecule has 0 amide bonds. The summed E-state index contributed by atoms with van der Waals surface area (Å²) < 4.78 is 6.93. The molecule has 3 rings (SSSR count). The minimum atomic E-state index is -0.201. The average molecular weight is 355 g/mol. The molecule has 0 aliphatic carbocycles. The first-order chi connectivity index (χ1) is 12.5. The quantitative estimate of drug-likeness (QED) is 0.656. The summed E-state index contributed by atoms with van der Waals surface area (Å²) in [7, 11) is 3.47. The van der Waals surface area contributed by atoms with Gasteiger partial charge in [-0.15, -0.1) is 0 Å². The molecule has 0 saturated carbocycles. The van der Waals surface area contributed by atoms with Gasteiger partial charge in [-0.05, 0) is 26.1 Å². The number of nitrogens with zero attached hydrogens (tertiary/aromatic N) is 4. The number of hydrogen-bond donors (Lipinski definition) is 1. The van der Waals surface area contributed by atoms with Crippen LogP contribution in [0.3, 0.4) is 0 Å². The predicted molar refractivity (Wildman–Crippen MR) is 103 cm³/mol. The van der Waals surface area contributed by atoms with Gasteiger partial charge >= 0.3 is 5.97 Å². The first-order valence-corrected chi connectivity index (χ1v) is 8.83. The van der Waals surface area contributed by atoms with Crippen molar-refractivity contribution in [1.29, 1.82) is 0 Å². The van der Waals surface area contributed by atoms with Gasteiger partial charge in [0.1, 0.15) is 11.3 Å². The third-order valence-electron chi connectivity index (χ3n) is 4.63. The average Bonchev–Trinajstić information content (AvgIpc) is 3.00. The van der Waals surface area contributed by atoms with Gasteiger partial charge < -0.3 is 15.0 Å². The van der Waals surface area contributed by atoms with Crippen LogP contribution in [0.15, 0.2) is 24.3 Å². The number of aryl methyl sites for hydroxylation is 1. The number of imidazole rings is 1. The number of aromatic nitrogens is 3. The molecule has 0 atom stereocenters. The van der Waals surface area contributed by atoms with Crippen LogP contribution in [0.5, 0.6) is 0 Å². The number of carbonyl (C=O) groups is 1. The fourth-order valence-corrected chi connectivity index (χ4v) is 3.10. The zero-order chi connectivity index (χ0) is 18.7. The number of para-hydroxylation sites is 1. The first-order valence-electron chi connectivity index (χ1n) is 8.83. The van der Waals surface area contributed by atoms with Crippen LogP contribution in [-0.2, 0) is 22.6 Å². The Bertz CT molecular complexity index is 934. The molecule has 2 N–H and O–H groups in total. The lowest BCUT2D eigenvalue weighted by atomic mass is 10.2. The smallest absolute Gasteiger partial charge is 0.305 e. The molecule has 0 unspecified atom stereocenters. The number of ether oxygens (including phenoxy) is 1. The normalized spacial score (nSPS) is 11.5. The monoisotopic (exact) mass is 355 g/mol. The molecule has 0 bridgehead atoms. The highest BCUT2D eigenvalue weighted by molar-refractivity contribution is 6.06. The Morgan fingerprint density at radius 3 is 2.81 bits per heavy atom. The fourth-order valence-electron chi connectivity index (χ4n) is 3.10. The molecular weight excluding hydrogens is 330 g/mol. The number of esters is 1. The van der Waals surface area contributed by atoms with E-state index in [4.69, 9.17) is 15.5 Å². The second kappa shape index (κ2) is 7.70. The summed E-state index contributed by atoms with van der Waals surface area (Å²) in [5, 5.41) is 1.02. The Kier molecular flexibility index (Phi) is 5.37. The van der Waals surface area contributed by atoms with Crippen LogP contribution in [0.25, 0.3) is 21.9 Å². The van der Waals surface area contributed by atoms with E-state index in [0.717, 1.165) is 34.3 Å². The first kappa shape index (κ1) is 18.1. The van der Waals surface area contributed by atoms with Crippen molar-refractivity contribution in [2.75, 3.05) is 26.4 Å². The Labute approximate surface area is 152 Å². The van der Waals surface area contributed by atoms with Crippen LogP contribution >= 0.6 is 0 Å². The second-order valence-corrected chi connectivity index (χ2v) is 6.40. The molecule has 7 nitrogen and oxygen atoms in total. The molecule has 3 aromatic rings. The summed E-state index contributed by atoms with van der Waals surface area (Å²) in [5.41, 5.74) is 8.75. The molecule has 26 heavy (non-hydrogen) atoms. The zero-order valence-corrected chi connectivity index (χ0v) is 15.5. The lowest BCUT2D eigenvalue weighted by Crippen LogP contribution is -2.20. The number of fused-ring (bicyclic) bond motifs is 3. The van der Waals surface area contributed by atoms with Crippen LogP contribution < -0.4 is 5.73 Å². The van der Waals surface area contributed by atoms with E-state index in [1.165, 1.54) is 7.11 Å². The van der Waals surface area contributed by atoms with Crippen molar-refractivity contribution in [1.82, 2.24) is 19.4 Å². The zero-order valence-electron chi connectivity index (χ0n) is 15.5. The minimum Gasteiger partial charge on any atom is -0.469 e. The highest BCUT2D eigenvalue weighted by atomic mass is 16.5. The van der Waals surface area contributed by atoms with Crippen molar-refractivity contribution in [2.24, 2.45) is 0 Å². The summed E-state index contributed by atoms with van der Waals surface area (Å²) in [6.45, 7) is 4.40. The molecule has 138 valence electrons. The van der Waals surface area contributed by atoms with E-state index >= 15 is 0 Å². The van der Waals surface area contributed by atoms with Gasteiger partial charge in [-0.2, -0.15) is 0 Å².